The molecular formula is C14H18Cl2N2. The fraction of sp³-hybridized carbons (Fsp3) is 0.500. The van der Waals surface area contributed by atoms with Crippen molar-refractivity contribution in [1.82, 2.24) is 0 Å². The van der Waals surface area contributed by atoms with Crippen molar-refractivity contribution in [2.75, 3.05) is 5.32 Å². The van der Waals surface area contributed by atoms with Gasteiger partial charge in [-0.2, -0.15) is 0 Å². The maximum absolute atomic E-state index is 6.09. The summed E-state index contributed by atoms with van der Waals surface area (Å²) in [4.78, 5) is 4.71. The lowest BCUT2D eigenvalue weighted by atomic mass is 9.91. The number of anilines is 1. The van der Waals surface area contributed by atoms with Gasteiger partial charge in [-0.3, -0.25) is 4.99 Å². The smallest absolute Gasteiger partial charge is 0.0876 e. The highest BCUT2D eigenvalue weighted by atomic mass is 35.5. The van der Waals surface area contributed by atoms with Gasteiger partial charge in [-0.15, -0.1) is 0 Å². The summed E-state index contributed by atoms with van der Waals surface area (Å²) in [6, 6.07) is 3.71. The normalized spacial score (nSPS) is 22.8. The van der Waals surface area contributed by atoms with Crippen molar-refractivity contribution < 1.29 is 0 Å². The van der Waals surface area contributed by atoms with Crippen LogP contribution in [0.1, 0.15) is 40.0 Å². The summed E-state index contributed by atoms with van der Waals surface area (Å²) in [6.07, 6.45) is 2.94. The molecule has 0 aliphatic carbocycles. The Kier molecular flexibility index (Phi) is 3.88. The van der Waals surface area contributed by atoms with Gasteiger partial charge in [0.1, 0.15) is 0 Å². The molecule has 0 saturated carbocycles. The Labute approximate surface area is 118 Å². The zero-order valence-corrected chi connectivity index (χ0v) is 12.5. The van der Waals surface area contributed by atoms with E-state index in [1.54, 1.807) is 0 Å². The van der Waals surface area contributed by atoms with Crippen molar-refractivity contribution in [2.24, 2.45) is 4.99 Å². The fourth-order valence-corrected chi connectivity index (χ4v) is 2.50. The summed E-state index contributed by atoms with van der Waals surface area (Å²) in [7, 11) is 0. The quantitative estimate of drug-likeness (QED) is 0.766. The van der Waals surface area contributed by atoms with E-state index in [-0.39, 0.29) is 5.54 Å². The first-order chi connectivity index (χ1) is 8.47. The van der Waals surface area contributed by atoms with Crippen LogP contribution in [0.4, 0.5) is 11.4 Å². The van der Waals surface area contributed by atoms with Crippen molar-refractivity contribution in [3.05, 3.63) is 22.2 Å². The van der Waals surface area contributed by atoms with Crippen LogP contribution in [0.15, 0.2) is 17.1 Å². The highest BCUT2D eigenvalue weighted by Gasteiger charge is 2.27. The van der Waals surface area contributed by atoms with E-state index in [4.69, 9.17) is 28.2 Å². The van der Waals surface area contributed by atoms with E-state index in [1.807, 2.05) is 12.1 Å². The van der Waals surface area contributed by atoms with E-state index in [9.17, 15) is 0 Å². The van der Waals surface area contributed by atoms with E-state index < -0.39 is 0 Å². The minimum absolute atomic E-state index is 0.0251. The summed E-state index contributed by atoms with van der Waals surface area (Å²) in [6.45, 7) is 6.54. The molecule has 1 atom stereocenters. The third kappa shape index (κ3) is 2.65. The number of halogens is 2. The molecular weight excluding hydrogens is 267 g/mol. The fourth-order valence-electron chi connectivity index (χ4n) is 2.18. The van der Waals surface area contributed by atoms with Crippen molar-refractivity contribution in [1.29, 1.82) is 0 Å². The number of hydrogen-bond donors (Lipinski definition) is 1. The molecule has 2 nitrogen and oxygen atoms in total. The standard InChI is InChI=1S/C14H18Cl2N2/c1-4-9-8-14(3,5-2)18-13-7-11(16)10(15)6-12(13)17-9/h6-7,18H,4-5,8H2,1-3H3. The lowest BCUT2D eigenvalue weighted by Crippen LogP contribution is -2.35. The molecule has 1 aliphatic heterocycles. The molecule has 1 aromatic rings. The summed E-state index contributed by atoms with van der Waals surface area (Å²) in [5.41, 5.74) is 3.08. The van der Waals surface area contributed by atoms with Crippen LogP contribution in [0.2, 0.25) is 10.0 Å². The number of aliphatic imine (C=N–C) groups is 1. The molecule has 1 unspecified atom stereocenters. The van der Waals surface area contributed by atoms with Crippen LogP contribution in [-0.4, -0.2) is 11.3 Å². The van der Waals surface area contributed by atoms with E-state index >= 15 is 0 Å². The average molecular weight is 285 g/mol. The molecule has 0 aromatic heterocycles. The van der Waals surface area contributed by atoms with Gasteiger partial charge in [0.15, 0.2) is 0 Å². The predicted molar refractivity (Wildman–Crippen MR) is 80.8 cm³/mol. The van der Waals surface area contributed by atoms with Crippen LogP contribution in [0, 0.1) is 0 Å². The molecule has 1 aliphatic rings. The number of benzene rings is 1. The first-order valence-corrected chi connectivity index (χ1v) is 7.06. The van der Waals surface area contributed by atoms with Crippen molar-refractivity contribution in [3.8, 4) is 0 Å². The highest BCUT2D eigenvalue weighted by molar-refractivity contribution is 6.42. The summed E-state index contributed by atoms with van der Waals surface area (Å²) >= 11 is 12.2. The Bertz CT molecular complexity index is 497. The van der Waals surface area contributed by atoms with Gasteiger partial charge in [-0.05, 0) is 31.9 Å². The van der Waals surface area contributed by atoms with Crippen LogP contribution in [0.3, 0.4) is 0 Å². The molecule has 4 heteroatoms. The summed E-state index contributed by atoms with van der Waals surface area (Å²) in [5.74, 6) is 0. The monoisotopic (exact) mass is 284 g/mol. The molecule has 0 fully saturated rings. The number of nitrogens with zero attached hydrogens (tertiary/aromatic N) is 1. The Morgan fingerprint density at radius 1 is 1.28 bits per heavy atom. The number of nitrogens with one attached hydrogen (secondary N) is 1. The molecule has 18 heavy (non-hydrogen) atoms. The zero-order chi connectivity index (χ0) is 13.3. The average Bonchev–Trinajstić information content (AvgIpc) is 2.47. The Balaban J connectivity index is 2.54. The van der Waals surface area contributed by atoms with Gasteiger partial charge < -0.3 is 5.32 Å². The topological polar surface area (TPSA) is 24.4 Å². The SMILES string of the molecule is CCC1=Nc2cc(Cl)c(Cl)cc2NC(C)(CC)C1. The summed E-state index contributed by atoms with van der Waals surface area (Å²) < 4.78 is 0. The van der Waals surface area contributed by atoms with Crippen LogP contribution in [0.25, 0.3) is 0 Å². The van der Waals surface area contributed by atoms with E-state index in [0.29, 0.717) is 10.0 Å². The summed E-state index contributed by atoms with van der Waals surface area (Å²) in [5, 5.41) is 4.68. The molecule has 0 spiro atoms. The van der Waals surface area contributed by atoms with Gasteiger partial charge in [0.05, 0.1) is 21.4 Å². The third-order valence-corrected chi connectivity index (χ3v) is 4.26. The van der Waals surface area contributed by atoms with E-state index in [0.717, 1.165) is 30.6 Å². The van der Waals surface area contributed by atoms with Gasteiger partial charge in [-0.25, -0.2) is 0 Å². The van der Waals surface area contributed by atoms with Gasteiger partial charge in [0.25, 0.3) is 0 Å². The Morgan fingerprint density at radius 2 is 1.94 bits per heavy atom. The van der Waals surface area contributed by atoms with Crippen molar-refractivity contribution in [2.45, 2.75) is 45.6 Å². The molecule has 0 radical (unpaired) electrons. The molecule has 0 bridgehead atoms. The minimum atomic E-state index is 0.0251. The Morgan fingerprint density at radius 3 is 2.56 bits per heavy atom. The first-order valence-electron chi connectivity index (χ1n) is 6.31. The lowest BCUT2D eigenvalue weighted by molar-refractivity contribution is 0.514. The van der Waals surface area contributed by atoms with Gasteiger partial charge in [0.2, 0.25) is 0 Å². The highest BCUT2D eigenvalue weighted by Crippen LogP contribution is 2.39. The maximum Gasteiger partial charge on any atom is 0.0876 e. The molecule has 98 valence electrons. The van der Waals surface area contributed by atoms with Gasteiger partial charge >= 0.3 is 0 Å². The van der Waals surface area contributed by atoms with Gasteiger partial charge in [0, 0.05) is 17.7 Å². The maximum atomic E-state index is 6.09. The van der Waals surface area contributed by atoms with Crippen molar-refractivity contribution >= 4 is 40.3 Å². The van der Waals surface area contributed by atoms with E-state index in [2.05, 4.69) is 26.1 Å². The second kappa shape index (κ2) is 5.10. The zero-order valence-electron chi connectivity index (χ0n) is 11.0. The number of hydrogen-bond acceptors (Lipinski definition) is 2. The second-order valence-electron chi connectivity index (χ2n) is 5.03. The molecule has 1 aromatic carbocycles. The molecule has 2 rings (SSSR count). The van der Waals surface area contributed by atoms with Crippen molar-refractivity contribution in [3.63, 3.8) is 0 Å². The van der Waals surface area contributed by atoms with Crippen LogP contribution in [-0.2, 0) is 0 Å². The number of fused-ring (bicyclic) bond motifs is 1. The van der Waals surface area contributed by atoms with Crippen LogP contribution in [0.5, 0.6) is 0 Å². The predicted octanol–water partition coefficient (Wildman–Crippen LogP) is 5.46. The Hall–Kier alpha value is -0.730. The molecule has 1 heterocycles. The second-order valence-corrected chi connectivity index (χ2v) is 5.85. The molecule has 0 saturated heterocycles. The minimum Gasteiger partial charge on any atom is -0.378 e. The van der Waals surface area contributed by atoms with E-state index in [1.165, 1.54) is 5.71 Å². The largest absolute Gasteiger partial charge is 0.378 e. The number of rotatable bonds is 2. The molecule has 0 amide bonds. The third-order valence-electron chi connectivity index (χ3n) is 3.54. The first kappa shape index (κ1) is 13.7. The lowest BCUT2D eigenvalue weighted by Gasteiger charge is -2.29. The van der Waals surface area contributed by atoms with Gasteiger partial charge in [-0.1, -0.05) is 37.0 Å². The molecule has 1 N–H and O–H groups in total. The van der Waals surface area contributed by atoms with Crippen LogP contribution >= 0.6 is 23.2 Å². The van der Waals surface area contributed by atoms with Crippen LogP contribution < -0.4 is 5.32 Å².